The molecule has 0 aliphatic heterocycles. The molecule has 0 saturated carbocycles. The second kappa shape index (κ2) is 7.02. The van der Waals surface area contributed by atoms with Gasteiger partial charge in [0.15, 0.2) is 6.61 Å². The van der Waals surface area contributed by atoms with Gasteiger partial charge in [-0.05, 0) is 30.3 Å². The molecule has 2 aromatic carbocycles. The predicted octanol–water partition coefficient (Wildman–Crippen LogP) is 4.36. The molecule has 0 radical (unpaired) electrons. The van der Waals surface area contributed by atoms with E-state index in [1.54, 1.807) is 12.1 Å². The lowest BCUT2D eigenvalue weighted by atomic mass is 10.3. The third-order valence-corrected chi connectivity index (χ3v) is 3.79. The maximum atomic E-state index is 11.8. The highest BCUT2D eigenvalue weighted by Crippen LogP contribution is 2.32. The number of anilines is 2. The highest BCUT2D eigenvalue weighted by Gasteiger charge is 2.09. The third-order valence-electron chi connectivity index (χ3n) is 2.54. The molecule has 0 atom stereocenters. The van der Waals surface area contributed by atoms with E-state index < -0.39 is 0 Å². The molecule has 7 heteroatoms. The molecule has 0 spiro atoms. The van der Waals surface area contributed by atoms with Crippen molar-refractivity contribution in [2.75, 3.05) is 17.7 Å². The Balaban J connectivity index is 1.95. The van der Waals surface area contributed by atoms with Crippen LogP contribution in [0.2, 0.25) is 10.0 Å². The number of benzene rings is 2. The molecule has 110 valence electrons. The molecule has 21 heavy (non-hydrogen) atoms. The Kier molecular flexibility index (Phi) is 5.33. The van der Waals surface area contributed by atoms with Gasteiger partial charge in [0, 0.05) is 16.2 Å². The number of hydrogen-bond donors (Lipinski definition) is 2. The number of ether oxygens (including phenoxy) is 1. The van der Waals surface area contributed by atoms with Crippen molar-refractivity contribution >= 4 is 56.4 Å². The van der Waals surface area contributed by atoms with Gasteiger partial charge in [0.05, 0.1) is 15.7 Å². The second-order valence-electron chi connectivity index (χ2n) is 4.15. The van der Waals surface area contributed by atoms with Crippen molar-refractivity contribution in [3.05, 3.63) is 50.9 Å². The van der Waals surface area contributed by atoms with E-state index in [9.17, 15) is 4.79 Å². The SMILES string of the molecule is Nc1cc(Cl)c(Cl)cc1OCC(=O)Nc1ccc(Br)cc1. The lowest BCUT2D eigenvalue weighted by Crippen LogP contribution is -2.20. The number of halogens is 3. The fraction of sp³-hybridized carbons (Fsp3) is 0.0714. The summed E-state index contributed by atoms with van der Waals surface area (Å²) in [4.78, 5) is 11.8. The van der Waals surface area contributed by atoms with Crippen LogP contribution in [0.5, 0.6) is 5.75 Å². The van der Waals surface area contributed by atoms with Crippen LogP contribution in [0.3, 0.4) is 0 Å². The first-order valence-electron chi connectivity index (χ1n) is 5.88. The maximum absolute atomic E-state index is 11.8. The van der Waals surface area contributed by atoms with Crippen LogP contribution in [0.4, 0.5) is 11.4 Å². The average Bonchev–Trinajstić information content (AvgIpc) is 2.44. The highest BCUT2D eigenvalue weighted by molar-refractivity contribution is 9.10. The molecule has 0 aromatic heterocycles. The number of amides is 1. The molecule has 0 unspecified atom stereocenters. The van der Waals surface area contributed by atoms with Crippen molar-refractivity contribution in [2.24, 2.45) is 0 Å². The van der Waals surface area contributed by atoms with Crippen molar-refractivity contribution in [3.8, 4) is 5.75 Å². The molecule has 0 bridgehead atoms. The molecule has 0 aliphatic carbocycles. The summed E-state index contributed by atoms with van der Waals surface area (Å²) in [6.45, 7) is -0.182. The van der Waals surface area contributed by atoms with Gasteiger partial charge in [0.2, 0.25) is 0 Å². The van der Waals surface area contributed by atoms with E-state index in [-0.39, 0.29) is 12.5 Å². The quantitative estimate of drug-likeness (QED) is 0.763. The number of rotatable bonds is 4. The summed E-state index contributed by atoms with van der Waals surface area (Å²) in [6, 6.07) is 10.2. The summed E-state index contributed by atoms with van der Waals surface area (Å²) in [7, 11) is 0. The summed E-state index contributed by atoms with van der Waals surface area (Å²) in [5.41, 5.74) is 6.74. The minimum atomic E-state index is -0.303. The lowest BCUT2D eigenvalue weighted by molar-refractivity contribution is -0.118. The van der Waals surface area contributed by atoms with Gasteiger partial charge >= 0.3 is 0 Å². The number of carbonyl (C=O) groups is 1. The predicted molar refractivity (Wildman–Crippen MR) is 89.1 cm³/mol. The van der Waals surface area contributed by atoms with E-state index in [2.05, 4.69) is 21.2 Å². The Morgan fingerprint density at radius 2 is 1.81 bits per heavy atom. The molecule has 0 heterocycles. The van der Waals surface area contributed by atoms with Gasteiger partial charge in [-0.15, -0.1) is 0 Å². The Morgan fingerprint density at radius 3 is 2.48 bits per heavy atom. The van der Waals surface area contributed by atoms with Crippen LogP contribution >= 0.6 is 39.1 Å². The zero-order chi connectivity index (χ0) is 15.4. The van der Waals surface area contributed by atoms with Gasteiger partial charge < -0.3 is 15.8 Å². The number of hydrogen-bond acceptors (Lipinski definition) is 3. The minimum Gasteiger partial charge on any atom is -0.482 e. The van der Waals surface area contributed by atoms with E-state index in [0.29, 0.717) is 27.2 Å². The molecule has 0 saturated heterocycles. The molecular formula is C14H11BrCl2N2O2. The number of nitrogen functional groups attached to an aromatic ring is 1. The van der Waals surface area contributed by atoms with Crippen molar-refractivity contribution in [1.29, 1.82) is 0 Å². The van der Waals surface area contributed by atoms with Crippen molar-refractivity contribution < 1.29 is 9.53 Å². The summed E-state index contributed by atoms with van der Waals surface area (Å²) in [5, 5.41) is 3.35. The zero-order valence-corrected chi connectivity index (χ0v) is 13.8. The third kappa shape index (κ3) is 4.52. The molecule has 2 aromatic rings. The Bertz CT molecular complexity index is 663. The summed E-state index contributed by atoms with van der Waals surface area (Å²) >= 11 is 15.0. The first-order valence-corrected chi connectivity index (χ1v) is 7.43. The molecule has 1 amide bonds. The van der Waals surface area contributed by atoms with Crippen molar-refractivity contribution in [1.82, 2.24) is 0 Å². The highest BCUT2D eigenvalue weighted by atomic mass is 79.9. The Labute approximate surface area is 140 Å². The molecule has 0 aliphatic rings. The van der Waals surface area contributed by atoms with E-state index in [1.165, 1.54) is 12.1 Å². The fourth-order valence-electron chi connectivity index (χ4n) is 1.54. The standard InChI is InChI=1S/C14H11BrCl2N2O2/c15-8-1-3-9(4-2-8)19-14(20)7-21-13-6-11(17)10(16)5-12(13)18/h1-6H,7,18H2,(H,19,20). The Hall–Kier alpha value is -1.43. The van der Waals surface area contributed by atoms with Crippen molar-refractivity contribution in [2.45, 2.75) is 0 Å². The van der Waals surface area contributed by atoms with Crippen molar-refractivity contribution in [3.63, 3.8) is 0 Å². The number of nitrogens with two attached hydrogens (primary N) is 1. The first-order chi connectivity index (χ1) is 9.95. The van der Waals surface area contributed by atoms with Crippen LogP contribution in [-0.4, -0.2) is 12.5 Å². The molecule has 3 N–H and O–H groups in total. The maximum Gasteiger partial charge on any atom is 0.262 e. The minimum absolute atomic E-state index is 0.182. The topological polar surface area (TPSA) is 64.3 Å². The monoisotopic (exact) mass is 388 g/mol. The van der Waals surface area contributed by atoms with Crippen LogP contribution in [0.25, 0.3) is 0 Å². The van der Waals surface area contributed by atoms with E-state index in [1.807, 2.05) is 12.1 Å². The van der Waals surface area contributed by atoms with Gasteiger partial charge in [0.1, 0.15) is 5.75 Å². The smallest absolute Gasteiger partial charge is 0.262 e. The number of nitrogens with one attached hydrogen (secondary N) is 1. The summed E-state index contributed by atoms with van der Waals surface area (Å²) in [5.74, 6) is 0.0122. The van der Waals surface area contributed by atoms with E-state index in [0.717, 1.165) is 4.47 Å². The largest absolute Gasteiger partial charge is 0.482 e. The molecule has 2 rings (SSSR count). The van der Waals surface area contributed by atoms with E-state index >= 15 is 0 Å². The normalized spacial score (nSPS) is 10.2. The first kappa shape index (κ1) is 15.9. The lowest BCUT2D eigenvalue weighted by Gasteiger charge is -2.10. The molecule has 4 nitrogen and oxygen atoms in total. The molecule has 0 fully saturated rings. The van der Waals surface area contributed by atoms with Crippen LogP contribution in [0, 0.1) is 0 Å². The van der Waals surface area contributed by atoms with Gasteiger partial charge in [0.25, 0.3) is 5.91 Å². The summed E-state index contributed by atoms with van der Waals surface area (Å²) < 4.78 is 6.27. The average molecular weight is 390 g/mol. The Morgan fingerprint density at radius 1 is 1.19 bits per heavy atom. The van der Waals surface area contributed by atoms with Gasteiger partial charge in [-0.3, -0.25) is 4.79 Å². The number of carbonyl (C=O) groups excluding carboxylic acids is 1. The summed E-state index contributed by atoms with van der Waals surface area (Å²) in [6.07, 6.45) is 0. The van der Waals surface area contributed by atoms with Gasteiger partial charge in [-0.25, -0.2) is 0 Å². The van der Waals surface area contributed by atoms with Crippen LogP contribution in [0.1, 0.15) is 0 Å². The second-order valence-corrected chi connectivity index (χ2v) is 5.88. The van der Waals surface area contributed by atoms with Crippen LogP contribution < -0.4 is 15.8 Å². The van der Waals surface area contributed by atoms with Gasteiger partial charge in [-0.1, -0.05) is 39.1 Å². The molecular weight excluding hydrogens is 379 g/mol. The zero-order valence-electron chi connectivity index (χ0n) is 10.7. The van der Waals surface area contributed by atoms with Crippen LogP contribution in [-0.2, 0) is 4.79 Å². The fourth-order valence-corrected chi connectivity index (χ4v) is 2.13. The van der Waals surface area contributed by atoms with Gasteiger partial charge in [-0.2, -0.15) is 0 Å². The van der Waals surface area contributed by atoms with Crippen LogP contribution in [0.15, 0.2) is 40.9 Å². The van der Waals surface area contributed by atoms with E-state index in [4.69, 9.17) is 33.7 Å².